The molecular weight excluding hydrogens is 236 g/mol. The van der Waals surface area contributed by atoms with E-state index in [-0.39, 0.29) is 5.56 Å². The summed E-state index contributed by atoms with van der Waals surface area (Å²) in [6.07, 6.45) is 3.15. The van der Waals surface area contributed by atoms with Crippen LogP contribution in [0.15, 0.2) is 30.6 Å². The Hall–Kier alpha value is -1.88. The topological polar surface area (TPSA) is 37.8 Å². The molecule has 94 valence electrons. The molecule has 18 heavy (non-hydrogen) atoms. The van der Waals surface area contributed by atoms with Gasteiger partial charge in [0, 0.05) is 11.8 Å². The number of aromatic nitrogens is 2. The molecule has 0 fully saturated rings. The molecule has 0 aliphatic heterocycles. The van der Waals surface area contributed by atoms with Crippen LogP contribution in [0.1, 0.15) is 23.0 Å². The third-order valence-corrected chi connectivity index (χ3v) is 2.68. The minimum absolute atomic E-state index is 0.218. The molecule has 0 spiro atoms. The number of hydrogen-bond donors (Lipinski definition) is 1. The van der Waals surface area contributed by atoms with Crippen molar-refractivity contribution in [3.63, 3.8) is 0 Å². The molecule has 0 amide bonds. The zero-order valence-corrected chi connectivity index (χ0v) is 10.1. The Morgan fingerprint density at radius 1 is 1.17 bits per heavy atom. The lowest BCUT2D eigenvalue weighted by molar-refractivity contribution is 0.485. The van der Waals surface area contributed by atoms with Gasteiger partial charge < -0.3 is 5.32 Å². The molecule has 1 aromatic carbocycles. The standard InChI is InChI=1S/C13H13F2N3/c1-8-6-18-11(7-17-8)13(16-2)9-4-3-5-10(14)12(9)15/h3-7,13,16H,1-2H3. The molecule has 1 unspecified atom stereocenters. The maximum atomic E-state index is 13.7. The fourth-order valence-corrected chi connectivity index (χ4v) is 1.76. The van der Waals surface area contributed by atoms with Gasteiger partial charge in [0.05, 0.1) is 23.6 Å². The smallest absolute Gasteiger partial charge is 0.163 e. The number of halogens is 2. The van der Waals surface area contributed by atoms with Gasteiger partial charge in [0.15, 0.2) is 11.6 Å². The highest BCUT2D eigenvalue weighted by Crippen LogP contribution is 2.23. The van der Waals surface area contributed by atoms with Crippen molar-refractivity contribution in [1.29, 1.82) is 0 Å². The van der Waals surface area contributed by atoms with Gasteiger partial charge in [-0.2, -0.15) is 0 Å². The van der Waals surface area contributed by atoms with Crippen molar-refractivity contribution in [3.8, 4) is 0 Å². The average Bonchev–Trinajstić information content (AvgIpc) is 2.37. The van der Waals surface area contributed by atoms with E-state index in [1.54, 1.807) is 19.4 Å². The van der Waals surface area contributed by atoms with Gasteiger partial charge in [-0.3, -0.25) is 9.97 Å². The quantitative estimate of drug-likeness (QED) is 0.907. The molecular formula is C13H13F2N3. The van der Waals surface area contributed by atoms with Gasteiger partial charge in [-0.05, 0) is 20.0 Å². The third kappa shape index (κ3) is 2.36. The minimum atomic E-state index is -0.868. The van der Waals surface area contributed by atoms with E-state index in [1.807, 2.05) is 6.92 Å². The lowest BCUT2D eigenvalue weighted by atomic mass is 10.0. The summed E-state index contributed by atoms with van der Waals surface area (Å²) in [5.41, 5.74) is 1.54. The van der Waals surface area contributed by atoms with Crippen molar-refractivity contribution in [2.45, 2.75) is 13.0 Å². The van der Waals surface area contributed by atoms with Crippen LogP contribution in [0.2, 0.25) is 0 Å². The van der Waals surface area contributed by atoms with Gasteiger partial charge in [0.25, 0.3) is 0 Å². The predicted molar refractivity (Wildman–Crippen MR) is 64.0 cm³/mol. The van der Waals surface area contributed by atoms with E-state index in [0.29, 0.717) is 5.69 Å². The van der Waals surface area contributed by atoms with Gasteiger partial charge in [-0.15, -0.1) is 0 Å². The number of nitrogens with one attached hydrogen (secondary N) is 1. The molecule has 0 aliphatic carbocycles. The lowest BCUT2D eigenvalue weighted by Crippen LogP contribution is -2.20. The normalized spacial score (nSPS) is 12.4. The fourth-order valence-electron chi connectivity index (χ4n) is 1.76. The Labute approximate surface area is 104 Å². The number of aryl methyl sites for hydroxylation is 1. The summed E-state index contributed by atoms with van der Waals surface area (Å²) in [7, 11) is 1.66. The Morgan fingerprint density at radius 3 is 2.56 bits per heavy atom. The predicted octanol–water partition coefficient (Wildman–Crippen LogP) is 2.37. The zero-order valence-electron chi connectivity index (χ0n) is 10.1. The van der Waals surface area contributed by atoms with Crippen molar-refractivity contribution in [2.24, 2.45) is 0 Å². The van der Waals surface area contributed by atoms with Gasteiger partial charge >= 0.3 is 0 Å². The van der Waals surface area contributed by atoms with Crippen molar-refractivity contribution >= 4 is 0 Å². The summed E-state index contributed by atoms with van der Waals surface area (Å²) >= 11 is 0. The molecule has 0 aliphatic rings. The highest BCUT2D eigenvalue weighted by atomic mass is 19.2. The second-order valence-electron chi connectivity index (χ2n) is 3.95. The Bertz CT molecular complexity index is 540. The Balaban J connectivity index is 2.45. The van der Waals surface area contributed by atoms with Crippen LogP contribution in [-0.4, -0.2) is 17.0 Å². The zero-order chi connectivity index (χ0) is 13.1. The molecule has 0 saturated heterocycles. The molecule has 1 aromatic heterocycles. The van der Waals surface area contributed by atoms with Gasteiger partial charge in [-0.1, -0.05) is 12.1 Å². The summed E-state index contributed by atoms with van der Waals surface area (Å²) in [4.78, 5) is 8.29. The van der Waals surface area contributed by atoms with Crippen LogP contribution in [0.4, 0.5) is 8.78 Å². The van der Waals surface area contributed by atoms with E-state index in [4.69, 9.17) is 0 Å². The van der Waals surface area contributed by atoms with Crippen LogP contribution in [0, 0.1) is 18.6 Å². The maximum Gasteiger partial charge on any atom is 0.163 e. The van der Waals surface area contributed by atoms with Crippen molar-refractivity contribution in [1.82, 2.24) is 15.3 Å². The average molecular weight is 249 g/mol. The van der Waals surface area contributed by atoms with E-state index in [2.05, 4.69) is 15.3 Å². The lowest BCUT2D eigenvalue weighted by Gasteiger charge is -2.16. The highest BCUT2D eigenvalue weighted by Gasteiger charge is 2.19. The number of benzene rings is 1. The molecule has 0 bridgehead atoms. The van der Waals surface area contributed by atoms with Crippen LogP contribution in [0.5, 0.6) is 0 Å². The van der Waals surface area contributed by atoms with E-state index in [0.717, 1.165) is 11.8 Å². The Kier molecular flexibility index (Phi) is 3.62. The first kappa shape index (κ1) is 12.6. The largest absolute Gasteiger partial charge is 0.308 e. The van der Waals surface area contributed by atoms with E-state index >= 15 is 0 Å². The number of rotatable bonds is 3. The molecule has 1 N–H and O–H groups in total. The summed E-state index contributed by atoms with van der Waals surface area (Å²) in [6, 6.07) is 3.57. The molecule has 5 heteroatoms. The summed E-state index contributed by atoms with van der Waals surface area (Å²) in [5.74, 6) is -1.73. The van der Waals surface area contributed by atoms with Crippen LogP contribution in [0.3, 0.4) is 0 Å². The fraction of sp³-hybridized carbons (Fsp3) is 0.231. The molecule has 1 atom stereocenters. The molecule has 1 heterocycles. The number of nitrogens with zero attached hydrogens (tertiary/aromatic N) is 2. The van der Waals surface area contributed by atoms with Crippen LogP contribution in [0.25, 0.3) is 0 Å². The maximum absolute atomic E-state index is 13.7. The van der Waals surface area contributed by atoms with Crippen molar-refractivity contribution in [2.75, 3.05) is 7.05 Å². The Morgan fingerprint density at radius 2 is 1.94 bits per heavy atom. The highest BCUT2D eigenvalue weighted by molar-refractivity contribution is 5.28. The second-order valence-corrected chi connectivity index (χ2v) is 3.95. The molecule has 0 radical (unpaired) electrons. The molecule has 3 nitrogen and oxygen atoms in total. The van der Waals surface area contributed by atoms with Gasteiger partial charge in [0.2, 0.25) is 0 Å². The van der Waals surface area contributed by atoms with E-state index < -0.39 is 17.7 Å². The molecule has 2 aromatic rings. The monoisotopic (exact) mass is 249 g/mol. The third-order valence-electron chi connectivity index (χ3n) is 2.68. The van der Waals surface area contributed by atoms with Gasteiger partial charge in [0.1, 0.15) is 0 Å². The minimum Gasteiger partial charge on any atom is -0.308 e. The van der Waals surface area contributed by atoms with Crippen LogP contribution in [-0.2, 0) is 0 Å². The summed E-state index contributed by atoms with van der Waals surface area (Å²) in [5, 5.41) is 2.91. The summed E-state index contributed by atoms with van der Waals surface area (Å²) in [6.45, 7) is 1.81. The first-order valence-electron chi connectivity index (χ1n) is 5.53. The molecule has 2 rings (SSSR count). The molecule has 0 saturated carbocycles. The van der Waals surface area contributed by atoms with Gasteiger partial charge in [-0.25, -0.2) is 8.78 Å². The van der Waals surface area contributed by atoms with E-state index in [9.17, 15) is 8.78 Å². The number of hydrogen-bond acceptors (Lipinski definition) is 3. The first-order valence-corrected chi connectivity index (χ1v) is 5.53. The van der Waals surface area contributed by atoms with Crippen LogP contribution >= 0.6 is 0 Å². The first-order chi connectivity index (χ1) is 8.63. The van der Waals surface area contributed by atoms with Crippen LogP contribution < -0.4 is 5.32 Å². The SMILES string of the molecule is CNC(c1cnc(C)cn1)c1cccc(F)c1F. The summed E-state index contributed by atoms with van der Waals surface area (Å²) < 4.78 is 27.0. The van der Waals surface area contributed by atoms with Crippen molar-refractivity contribution < 1.29 is 8.78 Å². The second kappa shape index (κ2) is 5.18. The van der Waals surface area contributed by atoms with Crippen molar-refractivity contribution in [3.05, 3.63) is 59.2 Å². The van der Waals surface area contributed by atoms with E-state index in [1.165, 1.54) is 12.1 Å².